The van der Waals surface area contributed by atoms with Gasteiger partial charge < -0.3 is 9.47 Å². The smallest absolute Gasteiger partial charge is 0.331 e. The van der Waals surface area contributed by atoms with Crippen molar-refractivity contribution in [2.75, 3.05) is 18.0 Å². The highest BCUT2D eigenvalue weighted by atomic mass is 35.5. The predicted octanol–water partition coefficient (Wildman–Crippen LogP) is 4.64. The Labute approximate surface area is 195 Å². The topological polar surface area (TPSA) is 52.2 Å². The van der Waals surface area contributed by atoms with Crippen LogP contribution in [-0.2, 0) is 20.6 Å². The summed E-state index contributed by atoms with van der Waals surface area (Å²) in [6.45, 7) is 10.9. The summed E-state index contributed by atoms with van der Waals surface area (Å²) in [5.74, 6) is 2.19. The number of nitrogens with zero attached hydrogens (tertiary/aromatic N) is 4. The van der Waals surface area contributed by atoms with E-state index < -0.39 is 0 Å². The maximum Gasteiger partial charge on any atom is 0.331 e. The molecular formula is C25H35ClN4O2. The minimum absolute atomic E-state index is 0.274. The molecule has 0 N–H and O–H groups in total. The van der Waals surface area contributed by atoms with E-state index in [4.69, 9.17) is 11.6 Å². The fourth-order valence-corrected chi connectivity index (χ4v) is 4.75. The van der Waals surface area contributed by atoms with E-state index in [0.717, 1.165) is 30.9 Å². The van der Waals surface area contributed by atoms with Crippen LogP contribution >= 0.6 is 11.6 Å². The number of piperidine rings is 1. The van der Waals surface area contributed by atoms with Crippen LogP contribution in [-0.4, -0.2) is 26.8 Å². The van der Waals surface area contributed by atoms with Gasteiger partial charge in [-0.1, -0.05) is 57.5 Å². The fourth-order valence-electron chi connectivity index (χ4n) is 4.56. The van der Waals surface area contributed by atoms with E-state index in [1.165, 1.54) is 18.0 Å². The first-order valence-corrected chi connectivity index (χ1v) is 11.9. The molecule has 2 aromatic heterocycles. The highest BCUT2D eigenvalue weighted by molar-refractivity contribution is 6.31. The molecule has 1 aromatic carbocycles. The largest absolute Gasteiger partial charge is 0.358 e. The summed E-state index contributed by atoms with van der Waals surface area (Å²) in [6, 6.07) is 9.71. The number of hydrogen-bond acceptors (Lipinski definition) is 3. The van der Waals surface area contributed by atoms with Gasteiger partial charge in [-0.3, -0.25) is 13.9 Å². The van der Waals surface area contributed by atoms with Gasteiger partial charge in [-0.2, -0.15) is 0 Å². The first-order chi connectivity index (χ1) is 15.3. The molecule has 0 bridgehead atoms. The zero-order chi connectivity index (χ0) is 23.6. The number of fused-ring (bicyclic) bond motifs is 1. The van der Waals surface area contributed by atoms with Crippen LogP contribution < -0.4 is 16.1 Å². The summed E-state index contributed by atoms with van der Waals surface area (Å²) in [6.07, 6.45) is 2.34. The van der Waals surface area contributed by atoms with Crippen LogP contribution in [0.2, 0.25) is 5.02 Å². The van der Waals surface area contributed by atoms with Crippen LogP contribution in [0.1, 0.15) is 46.1 Å². The number of aromatic nitrogens is 3. The number of aryl methyl sites for hydroxylation is 1. The van der Waals surface area contributed by atoms with Gasteiger partial charge in [0.1, 0.15) is 11.3 Å². The minimum atomic E-state index is -0.312. The number of rotatable bonds is 4. The molecule has 0 spiro atoms. The Balaban J connectivity index is 0.00000141. The van der Waals surface area contributed by atoms with Crippen LogP contribution in [0.15, 0.2) is 39.9 Å². The lowest BCUT2D eigenvalue weighted by Crippen LogP contribution is -2.39. The molecule has 174 valence electrons. The fraction of sp³-hybridized carbons (Fsp3) is 0.520. The van der Waals surface area contributed by atoms with Crippen LogP contribution in [0.4, 0.5) is 5.82 Å². The van der Waals surface area contributed by atoms with E-state index in [1.807, 2.05) is 48.7 Å². The summed E-state index contributed by atoms with van der Waals surface area (Å²) in [5, 5.41) is 0.672. The second-order valence-electron chi connectivity index (χ2n) is 8.71. The van der Waals surface area contributed by atoms with Crippen LogP contribution in [0, 0.1) is 11.8 Å². The maximum atomic E-state index is 13.1. The molecule has 0 aliphatic carbocycles. The summed E-state index contributed by atoms with van der Waals surface area (Å²) in [4.78, 5) is 28.0. The number of anilines is 1. The minimum Gasteiger partial charge on any atom is -0.358 e. The van der Waals surface area contributed by atoms with Gasteiger partial charge in [0.25, 0.3) is 5.56 Å². The average Bonchev–Trinajstić information content (AvgIpc) is 3.18. The Hall–Kier alpha value is -2.47. The SMILES string of the molecule is CC.CC(C)C1CCCN(c2cc3c(c(=O)n(C)c(=O)n3C)n2Cc2ccccc2Cl)C1. The van der Waals surface area contributed by atoms with Crippen molar-refractivity contribution in [3.8, 4) is 0 Å². The standard InChI is InChI=1S/C23H29ClN4O2.C2H6/c1-15(2)16-9-7-11-27(13-16)20-12-19-21(22(29)26(4)23(30)25(19)3)28(20)14-17-8-5-6-10-18(17)24;1-2/h5-6,8,10,12,15-16H,7,9,11,13-14H2,1-4H3;1-2H3. The summed E-state index contributed by atoms with van der Waals surface area (Å²) >= 11 is 6.46. The summed E-state index contributed by atoms with van der Waals surface area (Å²) < 4.78 is 4.79. The van der Waals surface area contributed by atoms with Crippen molar-refractivity contribution in [3.63, 3.8) is 0 Å². The van der Waals surface area contributed by atoms with E-state index in [9.17, 15) is 9.59 Å². The molecule has 1 saturated heterocycles. The lowest BCUT2D eigenvalue weighted by atomic mass is 9.88. The Morgan fingerprint density at radius 3 is 2.44 bits per heavy atom. The third-order valence-corrected chi connectivity index (χ3v) is 6.88. The molecule has 1 fully saturated rings. The molecular weight excluding hydrogens is 424 g/mol. The van der Waals surface area contributed by atoms with Crippen molar-refractivity contribution in [3.05, 3.63) is 61.8 Å². The molecule has 3 aromatic rings. The first kappa shape index (κ1) is 24.2. The number of halogens is 1. The molecule has 1 atom stereocenters. The third kappa shape index (κ3) is 4.38. The van der Waals surface area contributed by atoms with Gasteiger partial charge in [0.15, 0.2) is 0 Å². The molecule has 4 rings (SSSR count). The summed E-state index contributed by atoms with van der Waals surface area (Å²) in [7, 11) is 3.26. The Bertz CT molecular complexity index is 1210. The first-order valence-electron chi connectivity index (χ1n) is 11.6. The predicted molar refractivity (Wildman–Crippen MR) is 134 cm³/mol. The zero-order valence-corrected chi connectivity index (χ0v) is 20.8. The van der Waals surface area contributed by atoms with Crippen molar-refractivity contribution in [2.24, 2.45) is 25.9 Å². The van der Waals surface area contributed by atoms with E-state index in [1.54, 1.807) is 11.6 Å². The van der Waals surface area contributed by atoms with E-state index >= 15 is 0 Å². The normalized spacial score (nSPS) is 16.4. The number of hydrogen-bond donors (Lipinski definition) is 0. The molecule has 1 aliphatic heterocycles. The highest BCUT2D eigenvalue weighted by Gasteiger charge is 2.27. The van der Waals surface area contributed by atoms with E-state index in [2.05, 4.69) is 18.7 Å². The van der Waals surface area contributed by atoms with Gasteiger partial charge in [-0.15, -0.1) is 0 Å². The Morgan fingerprint density at radius 2 is 1.78 bits per heavy atom. The lowest BCUT2D eigenvalue weighted by Gasteiger charge is -2.36. The molecule has 1 unspecified atom stereocenters. The molecule has 32 heavy (non-hydrogen) atoms. The molecule has 0 amide bonds. The van der Waals surface area contributed by atoms with Crippen molar-refractivity contribution in [1.29, 1.82) is 0 Å². The maximum absolute atomic E-state index is 13.1. The van der Waals surface area contributed by atoms with Crippen molar-refractivity contribution < 1.29 is 0 Å². The van der Waals surface area contributed by atoms with Gasteiger partial charge in [-0.25, -0.2) is 4.79 Å². The molecule has 6 nitrogen and oxygen atoms in total. The molecule has 0 saturated carbocycles. The molecule has 7 heteroatoms. The van der Waals surface area contributed by atoms with Gasteiger partial charge in [0.05, 0.1) is 12.1 Å². The van der Waals surface area contributed by atoms with Crippen molar-refractivity contribution in [1.82, 2.24) is 13.7 Å². The highest BCUT2D eigenvalue weighted by Crippen LogP contribution is 2.32. The Morgan fingerprint density at radius 1 is 1.09 bits per heavy atom. The van der Waals surface area contributed by atoms with Gasteiger partial charge in [-0.05, 0) is 36.3 Å². The molecule has 1 aliphatic rings. The lowest BCUT2D eigenvalue weighted by molar-refractivity contribution is 0.320. The number of benzene rings is 1. The van der Waals surface area contributed by atoms with E-state index in [0.29, 0.717) is 34.4 Å². The average molecular weight is 459 g/mol. The molecule has 0 radical (unpaired) electrons. The third-order valence-electron chi connectivity index (χ3n) is 6.51. The quantitative estimate of drug-likeness (QED) is 0.572. The van der Waals surface area contributed by atoms with Gasteiger partial charge >= 0.3 is 5.69 Å². The van der Waals surface area contributed by atoms with Crippen LogP contribution in [0.3, 0.4) is 0 Å². The second-order valence-corrected chi connectivity index (χ2v) is 9.12. The van der Waals surface area contributed by atoms with Crippen LogP contribution in [0.5, 0.6) is 0 Å². The van der Waals surface area contributed by atoms with Gasteiger partial charge in [0, 0.05) is 38.3 Å². The van der Waals surface area contributed by atoms with Gasteiger partial charge in [0.2, 0.25) is 0 Å². The van der Waals surface area contributed by atoms with Crippen LogP contribution in [0.25, 0.3) is 11.0 Å². The van der Waals surface area contributed by atoms with E-state index in [-0.39, 0.29) is 11.2 Å². The van der Waals surface area contributed by atoms with Crippen molar-refractivity contribution >= 4 is 28.5 Å². The monoisotopic (exact) mass is 458 g/mol. The second kappa shape index (κ2) is 9.99. The van der Waals surface area contributed by atoms with Crippen molar-refractivity contribution in [2.45, 2.75) is 47.1 Å². The Kier molecular flexibility index (Phi) is 7.55. The molecule has 3 heterocycles. The summed E-state index contributed by atoms with van der Waals surface area (Å²) in [5.41, 5.74) is 1.57. The zero-order valence-electron chi connectivity index (χ0n) is 20.1.